The summed E-state index contributed by atoms with van der Waals surface area (Å²) in [6, 6.07) is 26.0. The van der Waals surface area contributed by atoms with Crippen LogP contribution in [0.25, 0.3) is 22.5 Å². The van der Waals surface area contributed by atoms with E-state index in [2.05, 4.69) is 34.1 Å². The van der Waals surface area contributed by atoms with E-state index in [-0.39, 0.29) is 5.82 Å². The number of imidazole rings is 1. The van der Waals surface area contributed by atoms with E-state index in [4.69, 9.17) is 9.72 Å². The normalized spacial score (nSPS) is 10.8. The minimum atomic E-state index is -0.532. The van der Waals surface area contributed by atoms with Crippen molar-refractivity contribution in [2.24, 2.45) is 0 Å². The van der Waals surface area contributed by atoms with Gasteiger partial charge >= 0.3 is 6.09 Å². The molecule has 6 heteroatoms. The highest BCUT2D eigenvalue weighted by atomic mass is 19.1. The Morgan fingerprint density at radius 2 is 1.53 bits per heavy atom. The number of carbonyl (C=O) groups excluding carboxylic acids is 1. The third kappa shape index (κ3) is 5.90. The number of halogens is 1. The summed E-state index contributed by atoms with van der Waals surface area (Å²) >= 11 is 0. The van der Waals surface area contributed by atoms with Crippen molar-refractivity contribution in [3.63, 3.8) is 0 Å². The first-order valence-corrected chi connectivity index (χ1v) is 11.5. The number of ether oxygens (including phenoxy) is 1. The smallest absolute Gasteiger partial charge is 0.410 e. The molecule has 4 rings (SSSR count). The summed E-state index contributed by atoms with van der Waals surface area (Å²) in [5.41, 5.74) is 4.37. The molecule has 0 aliphatic carbocycles. The molecule has 1 heterocycles. The van der Waals surface area contributed by atoms with Gasteiger partial charge < -0.3 is 14.6 Å². The van der Waals surface area contributed by atoms with Crippen molar-refractivity contribution < 1.29 is 13.9 Å². The van der Waals surface area contributed by atoms with Crippen LogP contribution in [0.15, 0.2) is 84.9 Å². The quantitative estimate of drug-likeness (QED) is 0.287. The van der Waals surface area contributed by atoms with Gasteiger partial charge in [-0.1, -0.05) is 60.7 Å². The van der Waals surface area contributed by atoms with Crippen molar-refractivity contribution in [3.8, 4) is 28.3 Å². The van der Waals surface area contributed by atoms with E-state index in [0.29, 0.717) is 12.3 Å². The molecule has 4 aromatic rings. The highest BCUT2D eigenvalue weighted by molar-refractivity contribution is 5.79. The van der Waals surface area contributed by atoms with E-state index in [1.807, 2.05) is 43.3 Å². The van der Waals surface area contributed by atoms with Gasteiger partial charge in [-0.25, -0.2) is 14.2 Å². The van der Waals surface area contributed by atoms with Gasteiger partial charge in [0.1, 0.15) is 17.4 Å². The average molecular weight is 458 g/mol. The standard InChI is InChI=1S/C28H28FN3O2/c1-21-31-26(22-11-5-2-6-12-22)27(23-13-7-3-8-14-23)32(21)20-10-4-9-19-30-28(33)34-25-17-15-24(29)16-18-25/h2-3,5-8,11-18H,4,9-10,19-20H2,1H3,(H,30,33). The van der Waals surface area contributed by atoms with Gasteiger partial charge in [-0.15, -0.1) is 0 Å². The Bertz CT molecular complexity index is 1210. The highest BCUT2D eigenvalue weighted by Gasteiger charge is 2.17. The number of unbranched alkanes of at least 4 members (excludes halogenated alkanes) is 2. The largest absolute Gasteiger partial charge is 0.412 e. The topological polar surface area (TPSA) is 56.2 Å². The second-order valence-corrected chi connectivity index (χ2v) is 8.07. The monoisotopic (exact) mass is 457 g/mol. The van der Waals surface area contributed by atoms with Gasteiger partial charge in [-0.05, 0) is 50.5 Å². The van der Waals surface area contributed by atoms with Crippen LogP contribution in [0.2, 0.25) is 0 Å². The van der Waals surface area contributed by atoms with E-state index in [1.54, 1.807) is 0 Å². The molecule has 174 valence electrons. The van der Waals surface area contributed by atoms with Crippen LogP contribution < -0.4 is 10.1 Å². The third-order valence-corrected chi connectivity index (χ3v) is 5.60. The van der Waals surface area contributed by atoms with E-state index >= 15 is 0 Å². The van der Waals surface area contributed by atoms with Crippen LogP contribution in [0.1, 0.15) is 25.1 Å². The maximum Gasteiger partial charge on any atom is 0.412 e. The number of carbonyl (C=O) groups is 1. The van der Waals surface area contributed by atoms with Crippen LogP contribution in [0.3, 0.4) is 0 Å². The van der Waals surface area contributed by atoms with Crippen molar-refractivity contribution in [3.05, 3.63) is 96.6 Å². The van der Waals surface area contributed by atoms with Crippen molar-refractivity contribution >= 4 is 6.09 Å². The van der Waals surface area contributed by atoms with E-state index in [0.717, 1.165) is 54.1 Å². The second-order valence-electron chi connectivity index (χ2n) is 8.07. The minimum absolute atomic E-state index is 0.317. The molecule has 1 amide bonds. The number of nitrogens with zero attached hydrogens (tertiary/aromatic N) is 2. The number of hydrogen-bond acceptors (Lipinski definition) is 3. The molecule has 1 N–H and O–H groups in total. The minimum Gasteiger partial charge on any atom is -0.410 e. The third-order valence-electron chi connectivity index (χ3n) is 5.60. The number of benzene rings is 3. The number of nitrogens with one attached hydrogen (secondary N) is 1. The summed E-state index contributed by atoms with van der Waals surface area (Å²) < 4.78 is 20.4. The number of hydrogen-bond donors (Lipinski definition) is 1. The lowest BCUT2D eigenvalue weighted by Gasteiger charge is -2.12. The molecule has 0 aliphatic heterocycles. The van der Waals surface area contributed by atoms with Crippen LogP contribution in [-0.4, -0.2) is 22.2 Å². The zero-order valence-corrected chi connectivity index (χ0v) is 19.2. The van der Waals surface area contributed by atoms with Crippen LogP contribution in [-0.2, 0) is 6.54 Å². The van der Waals surface area contributed by atoms with Gasteiger partial charge in [0, 0.05) is 24.2 Å². The van der Waals surface area contributed by atoms with E-state index < -0.39 is 6.09 Å². The number of aryl methyl sites for hydroxylation is 1. The van der Waals surface area contributed by atoms with Gasteiger partial charge in [-0.2, -0.15) is 0 Å². The summed E-state index contributed by atoms with van der Waals surface area (Å²) in [5, 5.41) is 2.74. The summed E-state index contributed by atoms with van der Waals surface area (Å²) in [5.74, 6) is 0.933. The number of amides is 1. The first kappa shape index (κ1) is 23.2. The molecule has 0 bridgehead atoms. The average Bonchev–Trinajstić information content (AvgIpc) is 3.20. The Labute approximate surface area is 199 Å². The molecular formula is C28H28FN3O2. The Morgan fingerprint density at radius 1 is 0.882 bits per heavy atom. The predicted octanol–water partition coefficient (Wildman–Crippen LogP) is 6.62. The maximum absolute atomic E-state index is 12.9. The summed E-state index contributed by atoms with van der Waals surface area (Å²) in [7, 11) is 0. The Morgan fingerprint density at radius 3 is 2.21 bits per heavy atom. The lowest BCUT2D eigenvalue weighted by Crippen LogP contribution is -2.27. The lowest BCUT2D eigenvalue weighted by atomic mass is 10.0. The molecule has 0 fully saturated rings. The number of aromatic nitrogens is 2. The molecule has 0 spiro atoms. The van der Waals surface area contributed by atoms with Crippen molar-refractivity contribution in [1.82, 2.24) is 14.9 Å². The molecule has 0 radical (unpaired) electrons. The lowest BCUT2D eigenvalue weighted by molar-refractivity contribution is 0.200. The van der Waals surface area contributed by atoms with Crippen LogP contribution in [0, 0.1) is 12.7 Å². The van der Waals surface area contributed by atoms with Crippen molar-refractivity contribution in [2.75, 3.05) is 6.54 Å². The molecule has 5 nitrogen and oxygen atoms in total. The molecule has 0 aliphatic rings. The molecule has 0 unspecified atom stereocenters. The van der Waals surface area contributed by atoms with Gasteiger partial charge in [0.05, 0.1) is 11.4 Å². The van der Waals surface area contributed by atoms with Gasteiger partial charge in [0.25, 0.3) is 0 Å². The summed E-state index contributed by atoms with van der Waals surface area (Å²) in [4.78, 5) is 16.8. The molecule has 0 saturated heterocycles. The summed E-state index contributed by atoms with van der Waals surface area (Å²) in [6.45, 7) is 3.41. The van der Waals surface area contributed by atoms with Crippen LogP contribution in [0.4, 0.5) is 9.18 Å². The Hall–Kier alpha value is -3.93. The van der Waals surface area contributed by atoms with Gasteiger partial charge in [0.2, 0.25) is 0 Å². The molecule has 3 aromatic carbocycles. The van der Waals surface area contributed by atoms with E-state index in [9.17, 15) is 9.18 Å². The zero-order valence-electron chi connectivity index (χ0n) is 19.2. The number of rotatable bonds is 9. The maximum atomic E-state index is 12.9. The van der Waals surface area contributed by atoms with Crippen molar-refractivity contribution in [1.29, 1.82) is 0 Å². The molecule has 0 saturated carbocycles. The van der Waals surface area contributed by atoms with Crippen molar-refractivity contribution in [2.45, 2.75) is 32.7 Å². The fourth-order valence-corrected chi connectivity index (χ4v) is 3.93. The molecule has 1 aromatic heterocycles. The Balaban J connectivity index is 1.34. The Kier molecular flexibility index (Phi) is 7.71. The molecule has 0 atom stereocenters. The highest BCUT2D eigenvalue weighted by Crippen LogP contribution is 2.33. The molecular weight excluding hydrogens is 429 g/mol. The SMILES string of the molecule is Cc1nc(-c2ccccc2)c(-c2ccccc2)n1CCCCCNC(=O)Oc1ccc(F)cc1. The predicted molar refractivity (Wildman–Crippen MR) is 132 cm³/mol. The fraction of sp³-hybridized carbons (Fsp3) is 0.214. The van der Waals surface area contributed by atoms with Crippen LogP contribution in [0.5, 0.6) is 5.75 Å². The van der Waals surface area contributed by atoms with Crippen LogP contribution >= 0.6 is 0 Å². The first-order chi connectivity index (χ1) is 16.6. The van der Waals surface area contributed by atoms with Gasteiger partial charge in [0.15, 0.2) is 0 Å². The second kappa shape index (κ2) is 11.3. The van der Waals surface area contributed by atoms with E-state index in [1.165, 1.54) is 24.3 Å². The molecule has 34 heavy (non-hydrogen) atoms. The van der Waals surface area contributed by atoms with Gasteiger partial charge in [-0.3, -0.25) is 0 Å². The summed E-state index contributed by atoms with van der Waals surface area (Å²) in [6.07, 6.45) is 2.21. The fourth-order valence-electron chi connectivity index (χ4n) is 3.93. The zero-order chi connectivity index (χ0) is 23.8. The first-order valence-electron chi connectivity index (χ1n) is 11.5.